The minimum Gasteiger partial charge on any atom is -0.387 e. The summed E-state index contributed by atoms with van der Waals surface area (Å²) in [7, 11) is 0. The fraction of sp³-hybridized carbons (Fsp3) is 0.333. The molecule has 0 spiro atoms. The zero-order valence-corrected chi connectivity index (χ0v) is 7.55. The summed E-state index contributed by atoms with van der Waals surface area (Å²) >= 11 is 0. The molecule has 0 bridgehead atoms. The molecule has 0 radical (unpaired) electrons. The van der Waals surface area contributed by atoms with Gasteiger partial charge in [-0.2, -0.15) is 13.2 Å². The van der Waals surface area contributed by atoms with Crippen molar-refractivity contribution in [2.45, 2.75) is 12.3 Å². The summed E-state index contributed by atoms with van der Waals surface area (Å²) in [5.41, 5.74) is 3.42. The number of hydrogen-bond acceptors (Lipinski definition) is 2. The zero-order chi connectivity index (χ0) is 11.6. The van der Waals surface area contributed by atoms with Gasteiger partial charge >= 0.3 is 6.18 Å². The highest BCUT2D eigenvalue weighted by Crippen LogP contribution is 2.34. The number of hydrogen-bond donors (Lipinski definition) is 2. The standard InChI is InChI=1S/C9H9F4NO/c10-5-1-2-7(9(11,12)13)6(3-5)8(15)4-14/h1-3,8,15H,4,14H2/t8-/m1/s1. The summed E-state index contributed by atoms with van der Waals surface area (Å²) in [6.45, 7) is -0.396. The van der Waals surface area contributed by atoms with Gasteiger partial charge in [0.1, 0.15) is 5.82 Å². The van der Waals surface area contributed by atoms with Crippen molar-refractivity contribution in [1.29, 1.82) is 0 Å². The third kappa shape index (κ3) is 2.66. The highest BCUT2D eigenvalue weighted by atomic mass is 19.4. The Bertz CT molecular complexity index is 350. The molecule has 84 valence electrons. The zero-order valence-electron chi connectivity index (χ0n) is 7.55. The van der Waals surface area contributed by atoms with Gasteiger partial charge in [0.2, 0.25) is 0 Å². The van der Waals surface area contributed by atoms with Crippen molar-refractivity contribution in [2.75, 3.05) is 6.54 Å². The molecule has 6 heteroatoms. The normalized spacial score (nSPS) is 14.0. The topological polar surface area (TPSA) is 46.2 Å². The third-order valence-electron chi connectivity index (χ3n) is 1.90. The van der Waals surface area contributed by atoms with E-state index in [9.17, 15) is 22.7 Å². The van der Waals surface area contributed by atoms with E-state index in [0.29, 0.717) is 18.2 Å². The molecule has 0 saturated carbocycles. The Morgan fingerprint density at radius 2 is 1.93 bits per heavy atom. The molecule has 0 amide bonds. The van der Waals surface area contributed by atoms with Gasteiger partial charge in [0.25, 0.3) is 0 Å². The molecule has 0 unspecified atom stereocenters. The van der Waals surface area contributed by atoms with Crippen molar-refractivity contribution in [3.63, 3.8) is 0 Å². The van der Waals surface area contributed by atoms with Crippen LogP contribution >= 0.6 is 0 Å². The number of nitrogens with two attached hydrogens (primary N) is 1. The van der Waals surface area contributed by atoms with Crippen molar-refractivity contribution in [3.8, 4) is 0 Å². The van der Waals surface area contributed by atoms with Gasteiger partial charge < -0.3 is 10.8 Å². The molecule has 1 aromatic rings. The molecule has 0 aliphatic heterocycles. The van der Waals surface area contributed by atoms with Crippen molar-refractivity contribution >= 4 is 0 Å². The van der Waals surface area contributed by atoms with Gasteiger partial charge in [-0.3, -0.25) is 0 Å². The van der Waals surface area contributed by atoms with Gasteiger partial charge in [0, 0.05) is 6.54 Å². The van der Waals surface area contributed by atoms with Gasteiger partial charge in [0.05, 0.1) is 11.7 Å². The first kappa shape index (κ1) is 11.9. The Hall–Kier alpha value is -1.14. The molecule has 2 nitrogen and oxygen atoms in total. The highest BCUT2D eigenvalue weighted by molar-refractivity contribution is 5.32. The maximum absolute atomic E-state index is 12.7. The summed E-state index contributed by atoms with van der Waals surface area (Å²) < 4.78 is 49.9. The van der Waals surface area contributed by atoms with Crippen LogP contribution in [0.2, 0.25) is 0 Å². The summed E-state index contributed by atoms with van der Waals surface area (Å²) in [5, 5.41) is 9.21. The summed E-state index contributed by atoms with van der Waals surface area (Å²) in [5.74, 6) is -0.842. The maximum atomic E-state index is 12.7. The molecule has 0 aliphatic carbocycles. The van der Waals surface area contributed by atoms with Crippen LogP contribution in [0.3, 0.4) is 0 Å². The lowest BCUT2D eigenvalue weighted by atomic mass is 10.0. The Labute approximate surface area is 83.3 Å². The van der Waals surface area contributed by atoms with Gasteiger partial charge in [-0.1, -0.05) is 0 Å². The van der Waals surface area contributed by atoms with Crippen molar-refractivity contribution in [3.05, 3.63) is 35.1 Å². The SMILES string of the molecule is NC[C@@H](O)c1cc(F)ccc1C(F)(F)F. The molecule has 0 heterocycles. The highest BCUT2D eigenvalue weighted by Gasteiger charge is 2.34. The summed E-state index contributed by atoms with van der Waals surface area (Å²) in [4.78, 5) is 0. The van der Waals surface area contributed by atoms with Gasteiger partial charge in [-0.25, -0.2) is 4.39 Å². The number of alkyl halides is 3. The third-order valence-corrected chi connectivity index (χ3v) is 1.90. The smallest absolute Gasteiger partial charge is 0.387 e. The average Bonchev–Trinajstić information content (AvgIpc) is 2.14. The molecule has 1 rings (SSSR count). The minimum atomic E-state index is -4.63. The molecule has 0 fully saturated rings. The summed E-state index contributed by atoms with van der Waals surface area (Å²) in [6, 6.07) is 1.92. The molecular weight excluding hydrogens is 214 g/mol. The number of rotatable bonds is 2. The number of aliphatic hydroxyl groups is 1. The second kappa shape index (κ2) is 4.16. The molecule has 1 atom stereocenters. The van der Waals surface area contributed by atoms with Crippen molar-refractivity contribution in [1.82, 2.24) is 0 Å². The van der Waals surface area contributed by atoms with Crippen LogP contribution in [0, 0.1) is 5.82 Å². The lowest BCUT2D eigenvalue weighted by molar-refractivity contribution is -0.139. The predicted molar refractivity (Wildman–Crippen MR) is 45.4 cm³/mol. The summed E-state index contributed by atoms with van der Waals surface area (Å²) in [6.07, 6.45) is -6.14. The average molecular weight is 223 g/mol. The fourth-order valence-corrected chi connectivity index (χ4v) is 1.19. The van der Waals surface area contributed by atoms with E-state index in [1.165, 1.54) is 0 Å². The van der Waals surface area contributed by atoms with E-state index >= 15 is 0 Å². The van der Waals surface area contributed by atoms with Crippen LogP contribution in [0.5, 0.6) is 0 Å². The number of benzene rings is 1. The van der Waals surface area contributed by atoms with Gasteiger partial charge in [-0.05, 0) is 23.8 Å². The Kier molecular flexibility index (Phi) is 3.31. The molecule has 15 heavy (non-hydrogen) atoms. The van der Waals surface area contributed by atoms with Crippen molar-refractivity contribution in [2.24, 2.45) is 5.73 Å². The lowest BCUT2D eigenvalue weighted by Crippen LogP contribution is -2.17. The maximum Gasteiger partial charge on any atom is 0.416 e. The van der Waals surface area contributed by atoms with Crippen molar-refractivity contribution < 1.29 is 22.7 Å². The predicted octanol–water partition coefficient (Wildman–Crippen LogP) is 1.84. The van der Waals surface area contributed by atoms with E-state index in [4.69, 9.17) is 5.73 Å². The van der Waals surface area contributed by atoms with Crippen LogP contribution in [-0.4, -0.2) is 11.7 Å². The second-order valence-electron chi connectivity index (χ2n) is 2.98. The van der Waals surface area contributed by atoms with Crippen LogP contribution < -0.4 is 5.73 Å². The molecule has 0 aliphatic rings. The van der Waals surface area contributed by atoms with Crippen LogP contribution in [0.1, 0.15) is 17.2 Å². The minimum absolute atomic E-state index is 0.396. The molecular formula is C9H9F4NO. The first-order valence-electron chi connectivity index (χ1n) is 4.11. The quantitative estimate of drug-likeness (QED) is 0.751. The second-order valence-corrected chi connectivity index (χ2v) is 2.98. The van der Waals surface area contributed by atoms with Crippen LogP contribution in [0.25, 0.3) is 0 Å². The van der Waals surface area contributed by atoms with E-state index in [1.807, 2.05) is 0 Å². The first-order chi connectivity index (χ1) is 6.86. The van der Waals surface area contributed by atoms with E-state index in [0.717, 1.165) is 0 Å². The van der Waals surface area contributed by atoms with E-state index < -0.39 is 35.8 Å². The Balaban J connectivity index is 3.27. The first-order valence-corrected chi connectivity index (χ1v) is 4.11. The molecule has 1 aromatic carbocycles. The van der Waals surface area contributed by atoms with Crippen LogP contribution in [0.15, 0.2) is 18.2 Å². The molecule has 0 aromatic heterocycles. The van der Waals surface area contributed by atoms with Gasteiger partial charge in [0.15, 0.2) is 0 Å². The van der Waals surface area contributed by atoms with E-state index in [-0.39, 0.29) is 0 Å². The largest absolute Gasteiger partial charge is 0.416 e. The van der Waals surface area contributed by atoms with Crippen LogP contribution in [-0.2, 0) is 6.18 Å². The lowest BCUT2D eigenvalue weighted by Gasteiger charge is -2.16. The number of aliphatic hydroxyl groups excluding tert-OH is 1. The van der Waals surface area contributed by atoms with Gasteiger partial charge in [-0.15, -0.1) is 0 Å². The molecule has 0 saturated heterocycles. The van der Waals surface area contributed by atoms with E-state index in [2.05, 4.69) is 0 Å². The molecule has 3 N–H and O–H groups in total. The van der Waals surface area contributed by atoms with E-state index in [1.54, 1.807) is 0 Å². The number of halogens is 4. The van der Waals surface area contributed by atoms with Crippen LogP contribution in [0.4, 0.5) is 17.6 Å². The Morgan fingerprint density at radius 1 is 1.33 bits per heavy atom. The Morgan fingerprint density at radius 3 is 2.40 bits per heavy atom. The monoisotopic (exact) mass is 223 g/mol. The fourth-order valence-electron chi connectivity index (χ4n) is 1.19.